The molecule has 0 saturated carbocycles. The number of nitrogens with one attached hydrogen (secondary N) is 2. The smallest absolute Gasteiger partial charge is 0.336 e. The van der Waals surface area contributed by atoms with Crippen LogP contribution in [0.3, 0.4) is 0 Å². The van der Waals surface area contributed by atoms with Gasteiger partial charge in [-0.2, -0.15) is 39.5 Å². The molecule has 2 atom stereocenters. The SMILES string of the molecule is CC(NC(=O)CCC(F)(F)F)NC(=O)c1ccc(/C(F)=C/C(c2cc(Cl)c(Br)c(Cl)c2)C(F)(F)F)cc1C(F)(F)F. The van der Waals surface area contributed by atoms with E-state index in [0.29, 0.717) is 12.1 Å². The highest BCUT2D eigenvalue weighted by atomic mass is 79.9. The molecule has 226 valence electrons. The van der Waals surface area contributed by atoms with Crippen molar-refractivity contribution in [1.82, 2.24) is 10.6 Å². The summed E-state index contributed by atoms with van der Waals surface area (Å²) < 4.78 is 134. The second kappa shape index (κ2) is 13.2. The molecule has 0 aliphatic heterocycles. The molecule has 2 unspecified atom stereocenters. The largest absolute Gasteiger partial charge is 0.417 e. The second-order valence-corrected chi connectivity index (χ2v) is 10.1. The third-order valence-corrected chi connectivity index (χ3v) is 7.14. The van der Waals surface area contributed by atoms with Crippen molar-refractivity contribution in [2.75, 3.05) is 0 Å². The van der Waals surface area contributed by atoms with Gasteiger partial charge in [-0.1, -0.05) is 29.3 Å². The van der Waals surface area contributed by atoms with E-state index in [9.17, 15) is 53.5 Å². The maximum absolute atomic E-state index is 15.0. The Labute approximate surface area is 244 Å². The van der Waals surface area contributed by atoms with Crippen molar-refractivity contribution >= 4 is 56.8 Å². The van der Waals surface area contributed by atoms with E-state index in [0.717, 1.165) is 19.1 Å². The highest BCUT2D eigenvalue weighted by molar-refractivity contribution is 9.10. The van der Waals surface area contributed by atoms with Crippen LogP contribution in [0.5, 0.6) is 0 Å². The van der Waals surface area contributed by atoms with Crippen LogP contribution >= 0.6 is 39.1 Å². The number of rotatable bonds is 8. The first kappa shape index (κ1) is 34.7. The number of alkyl halides is 9. The number of benzene rings is 2. The Bertz CT molecular complexity index is 1300. The number of allylic oxidation sites excluding steroid dienone is 1. The predicted molar refractivity (Wildman–Crippen MR) is 134 cm³/mol. The number of hydrogen-bond donors (Lipinski definition) is 2. The molecular weight excluding hydrogens is 689 g/mol. The molecule has 0 aliphatic rings. The van der Waals surface area contributed by atoms with E-state index in [1.54, 1.807) is 0 Å². The molecule has 4 nitrogen and oxygen atoms in total. The van der Waals surface area contributed by atoms with Crippen LogP contribution in [0.25, 0.3) is 5.83 Å². The minimum atomic E-state index is -5.29. The molecule has 2 aromatic carbocycles. The fourth-order valence-corrected chi connectivity index (χ4v) is 4.11. The Balaban J connectivity index is 2.39. The van der Waals surface area contributed by atoms with E-state index in [2.05, 4.69) is 15.9 Å². The van der Waals surface area contributed by atoms with Gasteiger partial charge in [0.1, 0.15) is 11.7 Å². The number of carbonyl (C=O) groups excluding carboxylic acids is 2. The van der Waals surface area contributed by atoms with Gasteiger partial charge >= 0.3 is 18.5 Å². The van der Waals surface area contributed by atoms with Crippen LogP contribution in [-0.2, 0) is 11.0 Å². The fourth-order valence-electron chi connectivity index (χ4n) is 3.38. The Morgan fingerprint density at radius 2 is 1.51 bits per heavy atom. The molecular formula is C24H17BrCl2F10N2O2. The van der Waals surface area contributed by atoms with E-state index in [-0.39, 0.29) is 26.7 Å². The maximum Gasteiger partial charge on any atom is 0.417 e. The van der Waals surface area contributed by atoms with Crippen molar-refractivity contribution in [1.29, 1.82) is 0 Å². The lowest BCUT2D eigenvalue weighted by molar-refractivity contribution is -0.144. The van der Waals surface area contributed by atoms with Crippen LogP contribution in [0.1, 0.15) is 52.7 Å². The number of halogens is 13. The summed E-state index contributed by atoms with van der Waals surface area (Å²) in [5.41, 5.74) is -4.38. The van der Waals surface area contributed by atoms with E-state index in [4.69, 9.17) is 23.2 Å². The fraction of sp³-hybridized carbons (Fsp3) is 0.333. The molecule has 0 aliphatic carbocycles. The average molecular weight is 706 g/mol. The van der Waals surface area contributed by atoms with Gasteiger partial charge in [-0.05, 0) is 58.8 Å². The summed E-state index contributed by atoms with van der Waals surface area (Å²) in [6.45, 7) is 1.06. The van der Waals surface area contributed by atoms with Gasteiger partial charge in [0, 0.05) is 12.0 Å². The Morgan fingerprint density at radius 3 is 2.00 bits per heavy atom. The van der Waals surface area contributed by atoms with Gasteiger partial charge < -0.3 is 10.6 Å². The molecule has 0 bridgehead atoms. The normalized spacial score (nSPS) is 14.4. The van der Waals surface area contributed by atoms with Crippen LogP contribution in [0.2, 0.25) is 10.0 Å². The Kier molecular flexibility index (Phi) is 11.2. The molecule has 0 spiro atoms. The molecule has 17 heteroatoms. The predicted octanol–water partition coefficient (Wildman–Crippen LogP) is 8.97. The Morgan fingerprint density at radius 1 is 0.951 bits per heavy atom. The van der Waals surface area contributed by atoms with E-state index in [1.165, 1.54) is 0 Å². The van der Waals surface area contributed by atoms with E-state index >= 15 is 0 Å². The average Bonchev–Trinajstić information content (AvgIpc) is 2.82. The van der Waals surface area contributed by atoms with Crippen LogP contribution in [0.15, 0.2) is 40.9 Å². The third kappa shape index (κ3) is 10.1. The summed E-state index contributed by atoms with van der Waals surface area (Å²) in [7, 11) is 0. The standard InChI is InChI=1S/C24H17BrCl2F10N2O2/c1-10(38-19(40)4-5-22(29,30)31)39-21(41)13-3-2-11(6-15(13)24(35,36)37)18(28)9-14(23(32,33)34)12-7-16(26)20(25)17(27)8-12/h2-3,6-10,14H,4-5H2,1H3,(H,38,40)(H,39,41)/b18-9-. The molecule has 0 heterocycles. The summed E-state index contributed by atoms with van der Waals surface area (Å²) in [4.78, 5) is 24.1. The van der Waals surface area contributed by atoms with Crippen molar-refractivity contribution in [3.8, 4) is 0 Å². The van der Waals surface area contributed by atoms with Crippen LogP contribution < -0.4 is 10.6 Å². The highest BCUT2D eigenvalue weighted by Gasteiger charge is 2.41. The van der Waals surface area contributed by atoms with E-state index in [1.807, 2.05) is 10.6 Å². The zero-order valence-corrected chi connectivity index (χ0v) is 23.4. The Hall–Kier alpha value is -2.52. The number of amides is 2. The van der Waals surface area contributed by atoms with E-state index < -0.39 is 83.3 Å². The molecule has 2 amide bonds. The summed E-state index contributed by atoms with van der Waals surface area (Å²) in [6.07, 6.45) is -18.9. The molecule has 0 radical (unpaired) electrons. The zero-order chi connectivity index (χ0) is 31.5. The molecule has 0 saturated heterocycles. The molecule has 0 fully saturated rings. The van der Waals surface area contributed by atoms with Gasteiger partial charge in [0.2, 0.25) is 5.91 Å². The van der Waals surface area contributed by atoms with Gasteiger partial charge in [0.25, 0.3) is 5.91 Å². The van der Waals surface area contributed by atoms with Crippen LogP contribution in [0, 0.1) is 0 Å². The number of carbonyl (C=O) groups is 2. The quantitative estimate of drug-likeness (QED) is 0.164. The molecule has 2 aromatic rings. The van der Waals surface area contributed by atoms with Crippen molar-refractivity contribution in [3.63, 3.8) is 0 Å². The first-order valence-corrected chi connectivity index (χ1v) is 12.6. The van der Waals surface area contributed by atoms with Crippen molar-refractivity contribution in [3.05, 3.63) is 73.2 Å². The minimum absolute atomic E-state index is 0.0175. The van der Waals surface area contributed by atoms with Gasteiger partial charge in [0.15, 0.2) is 0 Å². The van der Waals surface area contributed by atoms with Crippen LogP contribution in [0.4, 0.5) is 43.9 Å². The molecule has 2 N–H and O–H groups in total. The summed E-state index contributed by atoms with van der Waals surface area (Å²) in [5, 5.41) is 3.41. The highest BCUT2D eigenvalue weighted by Crippen LogP contribution is 2.43. The second-order valence-electron chi connectivity index (χ2n) is 8.47. The van der Waals surface area contributed by atoms with Gasteiger partial charge in [-0.3, -0.25) is 9.59 Å². The lowest BCUT2D eigenvalue weighted by atomic mass is 9.95. The summed E-state index contributed by atoms with van der Waals surface area (Å²) in [5.74, 6) is -7.00. The van der Waals surface area contributed by atoms with Gasteiger partial charge in [-0.25, -0.2) is 4.39 Å². The van der Waals surface area contributed by atoms with Crippen LogP contribution in [-0.4, -0.2) is 30.3 Å². The van der Waals surface area contributed by atoms with Crippen molar-refractivity contribution < 1.29 is 53.5 Å². The molecule has 0 aromatic heterocycles. The molecule has 41 heavy (non-hydrogen) atoms. The van der Waals surface area contributed by atoms with Crippen molar-refractivity contribution in [2.24, 2.45) is 0 Å². The first-order chi connectivity index (χ1) is 18.6. The number of hydrogen-bond acceptors (Lipinski definition) is 2. The zero-order valence-electron chi connectivity index (χ0n) is 20.3. The molecule has 2 rings (SSSR count). The first-order valence-electron chi connectivity index (χ1n) is 11.1. The summed E-state index contributed by atoms with van der Waals surface area (Å²) in [6, 6.07) is 2.92. The topological polar surface area (TPSA) is 58.2 Å². The monoisotopic (exact) mass is 704 g/mol. The lowest BCUT2D eigenvalue weighted by Gasteiger charge is -2.20. The van der Waals surface area contributed by atoms with Crippen molar-refractivity contribution in [2.45, 2.75) is 50.4 Å². The summed E-state index contributed by atoms with van der Waals surface area (Å²) >= 11 is 14.6. The van der Waals surface area contributed by atoms with Gasteiger partial charge in [0.05, 0.1) is 38.2 Å². The lowest BCUT2D eigenvalue weighted by Crippen LogP contribution is -2.46. The third-order valence-electron chi connectivity index (χ3n) is 5.24. The van der Waals surface area contributed by atoms with Gasteiger partial charge in [-0.15, -0.1) is 0 Å². The maximum atomic E-state index is 15.0. The minimum Gasteiger partial charge on any atom is -0.336 e.